The lowest BCUT2D eigenvalue weighted by Gasteiger charge is -2.41. The lowest BCUT2D eigenvalue weighted by atomic mass is 9.69. The van der Waals surface area contributed by atoms with Crippen LogP contribution < -0.4 is 0 Å². The molecule has 2 N–H and O–H groups in total. The maximum Gasteiger partial charge on any atom is 0.0627 e. The SMILES string of the molecule is C#CCC1(C)[C@H](O)CCC[C@H]1O. The number of aliphatic hydroxyl groups is 2. The topological polar surface area (TPSA) is 40.5 Å². The molecule has 0 aromatic carbocycles. The molecule has 1 aliphatic rings. The Morgan fingerprint density at radius 1 is 1.42 bits per heavy atom. The van der Waals surface area contributed by atoms with Crippen molar-refractivity contribution in [2.24, 2.45) is 5.41 Å². The van der Waals surface area contributed by atoms with Crippen LogP contribution in [-0.2, 0) is 0 Å². The van der Waals surface area contributed by atoms with Crippen molar-refractivity contribution in [1.82, 2.24) is 0 Å². The van der Waals surface area contributed by atoms with Gasteiger partial charge in [0.05, 0.1) is 12.2 Å². The van der Waals surface area contributed by atoms with Crippen LogP contribution in [0.25, 0.3) is 0 Å². The average Bonchev–Trinajstić information content (AvgIpc) is 2.02. The Hall–Kier alpha value is -0.520. The van der Waals surface area contributed by atoms with E-state index in [0.717, 1.165) is 19.3 Å². The van der Waals surface area contributed by atoms with Crippen LogP contribution in [-0.4, -0.2) is 22.4 Å². The summed E-state index contributed by atoms with van der Waals surface area (Å²) in [5.41, 5.74) is -0.479. The zero-order valence-corrected chi connectivity index (χ0v) is 7.45. The van der Waals surface area contributed by atoms with E-state index in [9.17, 15) is 10.2 Å². The summed E-state index contributed by atoms with van der Waals surface area (Å²) in [5, 5.41) is 19.3. The molecule has 0 aromatic heterocycles. The minimum absolute atomic E-state index is 0.447. The first kappa shape index (κ1) is 9.57. The lowest BCUT2D eigenvalue weighted by Crippen LogP contribution is -2.45. The summed E-state index contributed by atoms with van der Waals surface area (Å²) < 4.78 is 0. The average molecular weight is 168 g/mol. The number of rotatable bonds is 1. The normalized spacial score (nSPS) is 34.2. The van der Waals surface area contributed by atoms with Gasteiger partial charge >= 0.3 is 0 Å². The summed E-state index contributed by atoms with van der Waals surface area (Å²) in [6, 6.07) is 0. The molecule has 0 aromatic rings. The van der Waals surface area contributed by atoms with Gasteiger partial charge in [-0.1, -0.05) is 6.92 Å². The first-order chi connectivity index (χ1) is 5.61. The van der Waals surface area contributed by atoms with Crippen molar-refractivity contribution in [2.75, 3.05) is 0 Å². The van der Waals surface area contributed by atoms with Crippen LogP contribution in [0.4, 0.5) is 0 Å². The maximum atomic E-state index is 9.67. The van der Waals surface area contributed by atoms with Gasteiger partial charge in [0.1, 0.15) is 0 Å². The van der Waals surface area contributed by atoms with E-state index < -0.39 is 17.6 Å². The summed E-state index contributed by atoms with van der Waals surface area (Å²) in [7, 11) is 0. The third-order valence-corrected chi connectivity index (χ3v) is 2.96. The van der Waals surface area contributed by atoms with Gasteiger partial charge in [-0.15, -0.1) is 12.3 Å². The number of aliphatic hydroxyl groups excluding tert-OH is 2. The van der Waals surface area contributed by atoms with E-state index in [1.807, 2.05) is 6.92 Å². The van der Waals surface area contributed by atoms with Crippen molar-refractivity contribution in [3.8, 4) is 12.3 Å². The van der Waals surface area contributed by atoms with E-state index in [-0.39, 0.29) is 0 Å². The molecule has 2 heteroatoms. The molecule has 0 spiro atoms. The standard InChI is InChI=1S/C10H16O2/c1-3-7-10(2)8(11)5-4-6-9(10)12/h1,8-9,11-12H,4-7H2,2H3/t8-,9-/m1/s1. The summed E-state index contributed by atoms with van der Waals surface area (Å²) >= 11 is 0. The van der Waals surface area contributed by atoms with Crippen LogP contribution in [0, 0.1) is 17.8 Å². The van der Waals surface area contributed by atoms with Gasteiger partial charge in [-0.25, -0.2) is 0 Å². The van der Waals surface area contributed by atoms with Crippen LogP contribution in [0.2, 0.25) is 0 Å². The molecule has 0 radical (unpaired) electrons. The van der Waals surface area contributed by atoms with Gasteiger partial charge < -0.3 is 10.2 Å². The fourth-order valence-corrected chi connectivity index (χ4v) is 1.84. The second-order valence-corrected chi connectivity index (χ2v) is 3.85. The molecule has 1 aliphatic carbocycles. The second-order valence-electron chi connectivity index (χ2n) is 3.85. The number of terminal acetylenes is 1. The Morgan fingerprint density at radius 2 is 1.92 bits per heavy atom. The van der Waals surface area contributed by atoms with Gasteiger partial charge in [0.25, 0.3) is 0 Å². The molecule has 2 nitrogen and oxygen atoms in total. The Labute approximate surface area is 73.6 Å². The molecule has 1 rings (SSSR count). The second kappa shape index (κ2) is 3.47. The van der Waals surface area contributed by atoms with Crippen molar-refractivity contribution >= 4 is 0 Å². The van der Waals surface area contributed by atoms with Gasteiger partial charge in [-0.2, -0.15) is 0 Å². The van der Waals surface area contributed by atoms with E-state index in [4.69, 9.17) is 6.42 Å². The fourth-order valence-electron chi connectivity index (χ4n) is 1.84. The van der Waals surface area contributed by atoms with Crippen LogP contribution in [0.15, 0.2) is 0 Å². The highest BCUT2D eigenvalue weighted by Gasteiger charge is 2.41. The van der Waals surface area contributed by atoms with E-state index in [2.05, 4.69) is 5.92 Å². The molecular formula is C10H16O2. The van der Waals surface area contributed by atoms with Crippen LogP contribution in [0.1, 0.15) is 32.6 Å². The summed E-state index contributed by atoms with van der Waals surface area (Å²) in [5.74, 6) is 2.52. The smallest absolute Gasteiger partial charge is 0.0627 e. The highest BCUT2D eigenvalue weighted by molar-refractivity contribution is 5.01. The van der Waals surface area contributed by atoms with E-state index in [1.165, 1.54) is 0 Å². The molecule has 0 amide bonds. The monoisotopic (exact) mass is 168 g/mol. The summed E-state index contributed by atoms with van der Waals surface area (Å²) in [4.78, 5) is 0. The predicted molar refractivity (Wildman–Crippen MR) is 47.4 cm³/mol. The molecule has 1 fully saturated rings. The van der Waals surface area contributed by atoms with Crippen molar-refractivity contribution in [3.63, 3.8) is 0 Å². The third kappa shape index (κ3) is 1.48. The number of hydrogen-bond donors (Lipinski definition) is 2. The van der Waals surface area contributed by atoms with E-state index >= 15 is 0 Å². The molecule has 2 atom stereocenters. The van der Waals surface area contributed by atoms with Crippen LogP contribution in [0.3, 0.4) is 0 Å². The van der Waals surface area contributed by atoms with Gasteiger partial charge in [-0.3, -0.25) is 0 Å². The first-order valence-electron chi connectivity index (χ1n) is 4.41. The van der Waals surface area contributed by atoms with E-state index in [1.54, 1.807) is 0 Å². The fraction of sp³-hybridized carbons (Fsp3) is 0.800. The maximum absolute atomic E-state index is 9.67. The molecule has 1 saturated carbocycles. The van der Waals surface area contributed by atoms with Crippen molar-refractivity contribution in [1.29, 1.82) is 0 Å². The Bertz CT molecular complexity index is 183. The molecule has 0 heterocycles. The Balaban J connectivity index is 2.74. The quantitative estimate of drug-likeness (QED) is 0.572. The zero-order chi connectivity index (χ0) is 9.19. The Kier molecular flexibility index (Phi) is 2.76. The minimum atomic E-state index is -0.479. The third-order valence-electron chi connectivity index (χ3n) is 2.96. The highest BCUT2D eigenvalue weighted by atomic mass is 16.3. The molecular weight excluding hydrogens is 152 g/mol. The first-order valence-corrected chi connectivity index (χ1v) is 4.41. The molecule has 0 saturated heterocycles. The highest BCUT2D eigenvalue weighted by Crippen LogP contribution is 2.38. The van der Waals surface area contributed by atoms with Crippen molar-refractivity contribution in [3.05, 3.63) is 0 Å². The van der Waals surface area contributed by atoms with Crippen molar-refractivity contribution in [2.45, 2.75) is 44.8 Å². The minimum Gasteiger partial charge on any atom is -0.392 e. The Morgan fingerprint density at radius 3 is 2.33 bits per heavy atom. The van der Waals surface area contributed by atoms with Gasteiger partial charge in [0.15, 0.2) is 0 Å². The summed E-state index contributed by atoms with van der Waals surface area (Å²) in [6.45, 7) is 1.86. The molecule has 0 aliphatic heterocycles. The summed E-state index contributed by atoms with van der Waals surface area (Å²) in [6.07, 6.45) is 7.17. The van der Waals surface area contributed by atoms with Gasteiger partial charge in [-0.05, 0) is 19.3 Å². The van der Waals surface area contributed by atoms with Crippen LogP contribution >= 0.6 is 0 Å². The largest absolute Gasteiger partial charge is 0.392 e. The van der Waals surface area contributed by atoms with Gasteiger partial charge in [0.2, 0.25) is 0 Å². The molecule has 12 heavy (non-hydrogen) atoms. The van der Waals surface area contributed by atoms with Gasteiger partial charge in [0, 0.05) is 11.8 Å². The molecule has 0 unspecified atom stereocenters. The zero-order valence-electron chi connectivity index (χ0n) is 7.45. The van der Waals surface area contributed by atoms with Crippen molar-refractivity contribution < 1.29 is 10.2 Å². The van der Waals surface area contributed by atoms with E-state index in [0.29, 0.717) is 6.42 Å². The molecule has 68 valence electrons. The number of hydrogen-bond acceptors (Lipinski definition) is 2. The molecule has 0 bridgehead atoms. The lowest BCUT2D eigenvalue weighted by molar-refractivity contribution is -0.0865. The predicted octanol–water partition coefficient (Wildman–Crippen LogP) is 0.922. The van der Waals surface area contributed by atoms with Crippen LogP contribution in [0.5, 0.6) is 0 Å².